The van der Waals surface area contributed by atoms with Gasteiger partial charge in [0.1, 0.15) is 0 Å². The van der Waals surface area contributed by atoms with Crippen molar-refractivity contribution in [3.63, 3.8) is 0 Å². The van der Waals surface area contributed by atoms with Crippen LogP contribution in [0.1, 0.15) is 19.4 Å². The van der Waals surface area contributed by atoms with Gasteiger partial charge in [-0.2, -0.15) is 0 Å². The zero-order chi connectivity index (χ0) is 19.1. The molecule has 0 saturated carbocycles. The lowest BCUT2D eigenvalue weighted by atomic mass is 10.1. The molecule has 0 saturated heterocycles. The second kappa shape index (κ2) is 9.36. The van der Waals surface area contributed by atoms with Gasteiger partial charge in [-0.05, 0) is 43.2 Å². The fourth-order valence-corrected chi connectivity index (χ4v) is 2.78. The van der Waals surface area contributed by atoms with E-state index in [1.54, 1.807) is 31.2 Å². The first-order valence-corrected chi connectivity index (χ1v) is 9.05. The van der Waals surface area contributed by atoms with Crippen LogP contribution >= 0.6 is 11.6 Å². The number of nitrogens with one attached hydrogen (secondary N) is 3. The molecule has 0 aliphatic rings. The van der Waals surface area contributed by atoms with E-state index in [0.29, 0.717) is 10.7 Å². The Bertz CT molecular complexity index is 779. The van der Waals surface area contributed by atoms with E-state index in [-0.39, 0.29) is 24.4 Å². The molecule has 2 rings (SSSR count). The molecule has 0 aliphatic heterocycles. The van der Waals surface area contributed by atoms with Gasteiger partial charge in [-0.25, -0.2) is 0 Å². The van der Waals surface area contributed by atoms with E-state index in [2.05, 4.69) is 10.6 Å². The summed E-state index contributed by atoms with van der Waals surface area (Å²) in [4.78, 5) is 25.5. The first-order valence-electron chi connectivity index (χ1n) is 8.67. The molecule has 2 aromatic carbocycles. The number of amides is 2. The standard InChI is InChI=1S/C20H24ClN3O2/c1-4-15-8-5-6-11-18(15)23-19(25)13-24(3)14(2)20(26)22-17-10-7-9-16(21)12-17/h5-12,14H,4,13H2,1-3H3,(H,22,26)(H,23,25)/p+1/t14-/m1/s1. The summed E-state index contributed by atoms with van der Waals surface area (Å²) in [6.45, 7) is 4.04. The van der Waals surface area contributed by atoms with Gasteiger partial charge in [0.15, 0.2) is 12.6 Å². The number of carbonyl (C=O) groups excluding carboxylic acids is 2. The van der Waals surface area contributed by atoms with Crippen LogP contribution in [0.4, 0.5) is 11.4 Å². The summed E-state index contributed by atoms with van der Waals surface area (Å²) in [5.41, 5.74) is 2.55. The molecule has 0 aliphatic carbocycles. The smallest absolute Gasteiger partial charge is 0.282 e. The van der Waals surface area contributed by atoms with E-state index in [1.807, 2.05) is 38.2 Å². The van der Waals surface area contributed by atoms with Crippen molar-refractivity contribution in [3.8, 4) is 0 Å². The first-order chi connectivity index (χ1) is 12.4. The summed E-state index contributed by atoms with van der Waals surface area (Å²) < 4.78 is 0. The van der Waals surface area contributed by atoms with E-state index in [0.717, 1.165) is 22.6 Å². The molecule has 2 aromatic rings. The van der Waals surface area contributed by atoms with Gasteiger partial charge < -0.3 is 15.5 Å². The van der Waals surface area contributed by atoms with Crippen LogP contribution in [-0.4, -0.2) is 31.4 Å². The maximum Gasteiger partial charge on any atom is 0.282 e. The van der Waals surface area contributed by atoms with Crippen molar-refractivity contribution in [3.05, 3.63) is 59.1 Å². The molecule has 2 amide bonds. The normalized spacial score (nSPS) is 12.9. The molecular formula is C20H25ClN3O2+. The highest BCUT2D eigenvalue weighted by atomic mass is 35.5. The Morgan fingerprint density at radius 2 is 1.85 bits per heavy atom. The third-order valence-electron chi connectivity index (χ3n) is 4.34. The Labute approximate surface area is 159 Å². The Balaban J connectivity index is 1.92. The molecule has 138 valence electrons. The van der Waals surface area contributed by atoms with Crippen LogP contribution in [-0.2, 0) is 16.0 Å². The van der Waals surface area contributed by atoms with Crippen molar-refractivity contribution in [1.82, 2.24) is 0 Å². The summed E-state index contributed by atoms with van der Waals surface area (Å²) in [5.74, 6) is -0.280. The highest BCUT2D eigenvalue weighted by Crippen LogP contribution is 2.15. The van der Waals surface area contributed by atoms with Crippen molar-refractivity contribution >= 4 is 34.8 Å². The lowest BCUT2D eigenvalue weighted by Crippen LogP contribution is -3.14. The zero-order valence-corrected chi connectivity index (χ0v) is 16.1. The number of benzene rings is 2. The minimum Gasteiger partial charge on any atom is -0.321 e. The molecule has 3 N–H and O–H groups in total. The second-order valence-electron chi connectivity index (χ2n) is 6.30. The van der Waals surface area contributed by atoms with Crippen molar-refractivity contribution in [2.24, 2.45) is 0 Å². The molecule has 0 bridgehead atoms. The number of para-hydroxylation sites is 1. The summed E-state index contributed by atoms with van der Waals surface area (Å²) in [6.07, 6.45) is 0.845. The number of carbonyl (C=O) groups is 2. The summed E-state index contributed by atoms with van der Waals surface area (Å²) >= 11 is 5.93. The molecule has 1 unspecified atom stereocenters. The second-order valence-corrected chi connectivity index (χ2v) is 6.74. The highest BCUT2D eigenvalue weighted by molar-refractivity contribution is 6.30. The lowest BCUT2D eigenvalue weighted by molar-refractivity contribution is -0.885. The monoisotopic (exact) mass is 374 g/mol. The molecule has 0 radical (unpaired) electrons. The minimum absolute atomic E-state index is 0.120. The van der Waals surface area contributed by atoms with E-state index in [4.69, 9.17) is 11.6 Å². The van der Waals surface area contributed by atoms with Crippen molar-refractivity contribution in [1.29, 1.82) is 0 Å². The highest BCUT2D eigenvalue weighted by Gasteiger charge is 2.24. The predicted molar refractivity (Wildman–Crippen MR) is 106 cm³/mol. The average molecular weight is 375 g/mol. The first kappa shape index (κ1) is 19.9. The molecule has 0 heterocycles. The Morgan fingerprint density at radius 3 is 2.54 bits per heavy atom. The molecular weight excluding hydrogens is 350 g/mol. The number of likely N-dealkylation sites (N-methyl/N-ethyl adjacent to an activating group) is 1. The van der Waals surface area contributed by atoms with Crippen LogP contribution in [0.25, 0.3) is 0 Å². The van der Waals surface area contributed by atoms with Crippen molar-refractivity contribution in [2.45, 2.75) is 26.3 Å². The van der Waals surface area contributed by atoms with Crippen LogP contribution in [0, 0.1) is 0 Å². The zero-order valence-electron chi connectivity index (χ0n) is 15.3. The number of quaternary nitrogens is 1. The maximum absolute atomic E-state index is 12.4. The van der Waals surface area contributed by atoms with Crippen LogP contribution in [0.15, 0.2) is 48.5 Å². The molecule has 0 aromatic heterocycles. The van der Waals surface area contributed by atoms with Gasteiger partial charge in [0, 0.05) is 16.4 Å². The minimum atomic E-state index is -0.388. The Kier molecular flexibility index (Phi) is 7.18. The summed E-state index contributed by atoms with van der Waals surface area (Å²) in [6, 6.07) is 14.3. The SMILES string of the molecule is CCc1ccccc1NC(=O)C[NH+](C)[C@H](C)C(=O)Nc1cccc(Cl)c1. The van der Waals surface area contributed by atoms with Crippen molar-refractivity contribution < 1.29 is 14.5 Å². The summed E-state index contributed by atoms with van der Waals surface area (Å²) in [5, 5.41) is 6.32. The Hall–Kier alpha value is -2.37. The quantitative estimate of drug-likeness (QED) is 0.696. The topological polar surface area (TPSA) is 62.6 Å². The fraction of sp³-hybridized carbons (Fsp3) is 0.300. The van der Waals surface area contributed by atoms with Crippen LogP contribution in [0.3, 0.4) is 0 Å². The molecule has 26 heavy (non-hydrogen) atoms. The maximum atomic E-state index is 12.4. The number of hydrogen-bond donors (Lipinski definition) is 3. The predicted octanol–water partition coefficient (Wildman–Crippen LogP) is 2.38. The number of hydrogen-bond acceptors (Lipinski definition) is 2. The number of halogens is 1. The number of anilines is 2. The Morgan fingerprint density at radius 1 is 1.12 bits per heavy atom. The largest absolute Gasteiger partial charge is 0.321 e. The molecule has 0 spiro atoms. The van der Waals surface area contributed by atoms with Gasteiger partial charge in [-0.3, -0.25) is 9.59 Å². The van der Waals surface area contributed by atoms with Crippen LogP contribution < -0.4 is 15.5 Å². The molecule has 2 atom stereocenters. The van der Waals surface area contributed by atoms with Gasteiger partial charge in [-0.1, -0.05) is 42.8 Å². The lowest BCUT2D eigenvalue weighted by Gasteiger charge is -2.21. The third-order valence-corrected chi connectivity index (χ3v) is 4.57. The van der Waals surface area contributed by atoms with E-state index in [1.165, 1.54) is 0 Å². The van der Waals surface area contributed by atoms with Gasteiger partial charge in [-0.15, -0.1) is 0 Å². The van der Waals surface area contributed by atoms with Crippen molar-refractivity contribution in [2.75, 3.05) is 24.2 Å². The number of aryl methyl sites for hydroxylation is 1. The average Bonchev–Trinajstić information content (AvgIpc) is 2.61. The molecule has 0 fully saturated rings. The fourth-order valence-electron chi connectivity index (χ4n) is 2.59. The van der Waals surface area contributed by atoms with Gasteiger partial charge >= 0.3 is 0 Å². The van der Waals surface area contributed by atoms with E-state index >= 15 is 0 Å². The van der Waals surface area contributed by atoms with E-state index < -0.39 is 0 Å². The molecule has 6 heteroatoms. The number of rotatable bonds is 7. The molecule has 5 nitrogen and oxygen atoms in total. The third kappa shape index (κ3) is 5.58. The van der Waals surface area contributed by atoms with Gasteiger partial charge in [0.2, 0.25) is 0 Å². The van der Waals surface area contributed by atoms with Gasteiger partial charge in [0.05, 0.1) is 7.05 Å². The summed E-state index contributed by atoms with van der Waals surface area (Å²) in [7, 11) is 1.83. The van der Waals surface area contributed by atoms with E-state index in [9.17, 15) is 9.59 Å². The van der Waals surface area contributed by atoms with Crippen LogP contribution in [0.5, 0.6) is 0 Å². The van der Waals surface area contributed by atoms with Gasteiger partial charge in [0.25, 0.3) is 11.8 Å². The van der Waals surface area contributed by atoms with Crippen LogP contribution in [0.2, 0.25) is 5.02 Å².